The summed E-state index contributed by atoms with van der Waals surface area (Å²) in [5.74, 6) is 2.02. The van der Waals surface area contributed by atoms with Crippen LogP contribution in [0.25, 0.3) is 0 Å². The van der Waals surface area contributed by atoms with E-state index in [-0.39, 0.29) is 18.4 Å². The molecule has 1 amide bonds. The van der Waals surface area contributed by atoms with E-state index in [0.717, 1.165) is 16.9 Å². The Balaban J connectivity index is 1.41. The first-order chi connectivity index (χ1) is 12.2. The summed E-state index contributed by atoms with van der Waals surface area (Å²) in [6.45, 7) is 0.654. The third kappa shape index (κ3) is 4.57. The fourth-order valence-corrected chi connectivity index (χ4v) is 3.17. The van der Waals surface area contributed by atoms with Gasteiger partial charge in [-0.3, -0.25) is 4.79 Å². The lowest BCUT2D eigenvalue weighted by molar-refractivity contribution is -0.118. The molecule has 0 radical (unpaired) electrons. The summed E-state index contributed by atoms with van der Waals surface area (Å²) in [5, 5.41) is 2.86. The molecule has 0 atom stereocenters. The van der Waals surface area contributed by atoms with E-state index in [1.165, 1.54) is 24.9 Å². The van der Waals surface area contributed by atoms with Crippen molar-refractivity contribution in [2.45, 2.75) is 12.3 Å². The number of fused-ring (bicyclic) bond motifs is 1. The summed E-state index contributed by atoms with van der Waals surface area (Å²) in [6.07, 6.45) is 0. The number of carbonyl (C=O) groups is 1. The van der Waals surface area contributed by atoms with Crippen LogP contribution in [-0.4, -0.2) is 25.6 Å². The number of rotatable bonds is 7. The van der Waals surface area contributed by atoms with Gasteiger partial charge in [0, 0.05) is 12.3 Å². The van der Waals surface area contributed by atoms with E-state index in [0.29, 0.717) is 23.8 Å². The molecule has 3 rings (SSSR count). The molecule has 2 aromatic rings. The van der Waals surface area contributed by atoms with Crippen LogP contribution >= 0.6 is 11.8 Å². The second-order valence-electron chi connectivity index (χ2n) is 5.43. The number of methoxy groups -OCH3 is 1. The Labute approximate surface area is 149 Å². The molecule has 0 aromatic heterocycles. The van der Waals surface area contributed by atoms with E-state index in [2.05, 4.69) is 5.32 Å². The lowest BCUT2D eigenvalue weighted by Gasteiger charge is -2.07. The van der Waals surface area contributed by atoms with Crippen molar-refractivity contribution in [3.05, 3.63) is 53.3 Å². The van der Waals surface area contributed by atoms with Crippen molar-refractivity contribution in [3.8, 4) is 17.2 Å². The van der Waals surface area contributed by atoms with Gasteiger partial charge in [0.2, 0.25) is 12.7 Å². The zero-order valence-electron chi connectivity index (χ0n) is 13.7. The molecular formula is C18H18FNO4S. The number of amides is 1. The predicted molar refractivity (Wildman–Crippen MR) is 93.5 cm³/mol. The molecule has 1 N–H and O–H groups in total. The van der Waals surface area contributed by atoms with Crippen LogP contribution in [0.15, 0.2) is 36.4 Å². The quantitative estimate of drug-likeness (QED) is 0.819. The first kappa shape index (κ1) is 17.4. The zero-order chi connectivity index (χ0) is 17.6. The molecule has 1 aliphatic rings. The van der Waals surface area contributed by atoms with E-state index in [9.17, 15) is 9.18 Å². The zero-order valence-corrected chi connectivity index (χ0v) is 14.5. The van der Waals surface area contributed by atoms with Gasteiger partial charge in [-0.25, -0.2) is 4.39 Å². The van der Waals surface area contributed by atoms with Crippen LogP contribution in [-0.2, 0) is 17.1 Å². The third-order valence-electron chi connectivity index (χ3n) is 3.64. The molecule has 25 heavy (non-hydrogen) atoms. The Morgan fingerprint density at radius 1 is 1.20 bits per heavy atom. The SMILES string of the molecule is COc1ccc(CSCC(=O)NCc2ccc3c(c2)OCO3)cc1F. The average molecular weight is 363 g/mol. The van der Waals surface area contributed by atoms with Crippen molar-refractivity contribution in [2.75, 3.05) is 19.7 Å². The van der Waals surface area contributed by atoms with Crippen molar-refractivity contribution in [1.29, 1.82) is 0 Å². The topological polar surface area (TPSA) is 56.8 Å². The van der Waals surface area contributed by atoms with Crippen molar-refractivity contribution >= 4 is 17.7 Å². The maximum Gasteiger partial charge on any atom is 0.231 e. The van der Waals surface area contributed by atoms with Crippen LogP contribution in [0.3, 0.4) is 0 Å². The molecule has 0 aliphatic carbocycles. The Morgan fingerprint density at radius 3 is 2.80 bits per heavy atom. The highest BCUT2D eigenvalue weighted by Crippen LogP contribution is 2.32. The van der Waals surface area contributed by atoms with Crippen LogP contribution in [0, 0.1) is 5.82 Å². The Bertz CT molecular complexity index is 769. The standard InChI is InChI=1S/C18H18FNO4S/c1-22-15-4-3-13(6-14(15)19)9-25-10-18(21)20-8-12-2-5-16-17(7-12)24-11-23-16/h2-7H,8-11H2,1H3,(H,20,21). The van der Waals surface area contributed by atoms with E-state index >= 15 is 0 Å². The Morgan fingerprint density at radius 2 is 2.00 bits per heavy atom. The summed E-state index contributed by atoms with van der Waals surface area (Å²) >= 11 is 1.43. The number of ether oxygens (including phenoxy) is 3. The molecule has 0 bridgehead atoms. The van der Waals surface area contributed by atoms with Crippen LogP contribution in [0.4, 0.5) is 4.39 Å². The number of carbonyl (C=O) groups excluding carboxylic acids is 1. The highest BCUT2D eigenvalue weighted by atomic mass is 32.2. The fourth-order valence-electron chi connectivity index (χ4n) is 2.36. The Kier molecular flexibility index (Phi) is 5.65. The van der Waals surface area contributed by atoms with E-state index < -0.39 is 5.82 Å². The van der Waals surface area contributed by atoms with Gasteiger partial charge in [0.1, 0.15) is 0 Å². The number of halogens is 1. The minimum Gasteiger partial charge on any atom is -0.494 e. The van der Waals surface area contributed by atoms with Gasteiger partial charge in [0.25, 0.3) is 0 Å². The molecule has 1 heterocycles. The van der Waals surface area contributed by atoms with E-state index in [1.807, 2.05) is 18.2 Å². The van der Waals surface area contributed by atoms with Crippen molar-refractivity contribution in [2.24, 2.45) is 0 Å². The molecule has 7 heteroatoms. The second-order valence-corrected chi connectivity index (χ2v) is 6.41. The molecule has 0 saturated heterocycles. The molecule has 5 nitrogen and oxygen atoms in total. The molecule has 132 valence electrons. The molecule has 0 unspecified atom stereocenters. The predicted octanol–water partition coefficient (Wildman–Crippen LogP) is 3.11. The molecule has 2 aromatic carbocycles. The van der Waals surface area contributed by atoms with Crippen LogP contribution in [0.1, 0.15) is 11.1 Å². The van der Waals surface area contributed by atoms with Gasteiger partial charge >= 0.3 is 0 Å². The molecule has 0 fully saturated rings. The number of hydrogen-bond acceptors (Lipinski definition) is 5. The van der Waals surface area contributed by atoms with Gasteiger partial charge in [-0.05, 0) is 35.4 Å². The lowest BCUT2D eigenvalue weighted by Crippen LogP contribution is -2.24. The number of benzene rings is 2. The first-order valence-electron chi connectivity index (χ1n) is 7.71. The number of hydrogen-bond donors (Lipinski definition) is 1. The monoisotopic (exact) mass is 363 g/mol. The summed E-state index contributed by atoms with van der Waals surface area (Å²) in [7, 11) is 1.43. The van der Waals surface area contributed by atoms with Gasteiger partial charge in [-0.1, -0.05) is 12.1 Å². The first-order valence-corrected chi connectivity index (χ1v) is 8.86. The van der Waals surface area contributed by atoms with Gasteiger partial charge in [0.15, 0.2) is 23.1 Å². The normalized spacial score (nSPS) is 12.1. The maximum absolute atomic E-state index is 13.6. The number of thioether (sulfide) groups is 1. The molecule has 1 aliphatic heterocycles. The smallest absolute Gasteiger partial charge is 0.231 e. The van der Waals surface area contributed by atoms with Crippen molar-refractivity contribution in [1.82, 2.24) is 5.32 Å². The lowest BCUT2D eigenvalue weighted by atomic mass is 10.2. The van der Waals surface area contributed by atoms with Crippen LogP contribution < -0.4 is 19.5 Å². The number of nitrogens with one attached hydrogen (secondary N) is 1. The van der Waals surface area contributed by atoms with Crippen molar-refractivity contribution in [3.63, 3.8) is 0 Å². The molecule has 0 saturated carbocycles. The maximum atomic E-state index is 13.6. The highest BCUT2D eigenvalue weighted by Gasteiger charge is 2.13. The van der Waals surface area contributed by atoms with Gasteiger partial charge in [0.05, 0.1) is 12.9 Å². The minimum absolute atomic E-state index is 0.0725. The van der Waals surface area contributed by atoms with Crippen LogP contribution in [0.5, 0.6) is 17.2 Å². The van der Waals surface area contributed by atoms with Gasteiger partial charge in [-0.15, -0.1) is 11.8 Å². The van der Waals surface area contributed by atoms with Gasteiger partial charge in [-0.2, -0.15) is 0 Å². The minimum atomic E-state index is -0.396. The van der Waals surface area contributed by atoms with Crippen molar-refractivity contribution < 1.29 is 23.4 Å². The fraction of sp³-hybridized carbons (Fsp3) is 0.278. The Hall–Kier alpha value is -2.41. The summed E-state index contributed by atoms with van der Waals surface area (Å²) < 4.78 is 29.0. The molecular weight excluding hydrogens is 345 g/mol. The second kappa shape index (κ2) is 8.11. The average Bonchev–Trinajstić information content (AvgIpc) is 3.08. The highest BCUT2D eigenvalue weighted by molar-refractivity contribution is 7.99. The summed E-state index contributed by atoms with van der Waals surface area (Å²) in [4.78, 5) is 11.9. The van der Waals surface area contributed by atoms with E-state index in [4.69, 9.17) is 14.2 Å². The summed E-state index contributed by atoms with van der Waals surface area (Å²) in [5.41, 5.74) is 1.76. The summed E-state index contributed by atoms with van der Waals surface area (Å²) in [6, 6.07) is 10.4. The largest absolute Gasteiger partial charge is 0.494 e. The molecule has 0 spiro atoms. The van der Waals surface area contributed by atoms with E-state index in [1.54, 1.807) is 12.1 Å². The third-order valence-corrected chi connectivity index (χ3v) is 4.65. The van der Waals surface area contributed by atoms with Crippen LogP contribution in [0.2, 0.25) is 0 Å². The van der Waals surface area contributed by atoms with Gasteiger partial charge < -0.3 is 19.5 Å².